The van der Waals surface area contributed by atoms with Crippen molar-refractivity contribution in [2.24, 2.45) is 11.7 Å². The van der Waals surface area contributed by atoms with Crippen LogP contribution in [0, 0.1) is 5.92 Å². The summed E-state index contributed by atoms with van der Waals surface area (Å²) in [6, 6.07) is 7.10. The Bertz CT molecular complexity index is 516. The second kappa shape index (κ2) is 5.18. The molecule has 0 spiro atoms. The lowest BCUT2D eigenvalue weighted by Crippen LogP contribution is -2.40. The summed E-state index contributed by atoms with van der Waals surface area (Å²) in [6.45, 7) is 3.97. The van der Waals surface area contributed by atoms with E-state index >= 15 is 0 Å². The quantitative estimate of drug-likeness (QED) is 0.770. The van der Waals surface area contributed by atoms with Gasteiger partial charge in [0, 0.05) is 0 Å². The number of imidazole rings is 1. The minimum absolute atomic E-state index is 0.148. The third kappa shape index (κ3) is 2.51. The van der Waals surface area contributed by atoms with E-state index in [0.717, 1.165) is 17.5 Å². The number of hydrogen-bond donors (Lipinski definition) is 3. The van der Waals surface area contributed by atoms with Crippen LogP contribution in [0.5, 0.6) is 0 Å². The molecule has 0 unspecified atom stereocenters. The molecule has 2 rings (SSSR count). The normalized spacial score (nSPS) is 14.4. The minimum Gasteiger partial charge on any atom is -0.324 e. The third-order valence-corrected chi connectivity index (χ3v) is 3.19. The average Bonchev–Trinajstić information content (AvgIpc) is 2.78. The Morgan fingerprint density at radius 2 is 2.22 bits per heavy atom. The zero-order valence-electron chi connectivity index (χ0n) is 10.6. The first-order valence-electron chi connectivity index (χ1n) is 6.13. The van der Waals surface area contributed by atoms with Crippen LogP contribution in [0.1, 0.15) is 20.3 Å². The van der Waals surface area contributed by atoms with Gasteiger partial charge in [-0.2, -0.15) is 0 Å². The van der Waals surface area contributed by atoms with Crippen LogP contribution < -0.4 is 11.1 Å². The lowest BCUT2D eigenvalue weighted by Gasteiger charge is -2.16. The predicted octanol–water partition coefficient (Wildman–Crippen LogP) is 1.87. The first-order valence-corrected chi connectivity index (χ1v) is 6.13. The zero-order valence-corrected chi connectivity index (χ0v) is 10.6. The highest BCUT2D eigenvalue weighted by molar-refractivity contribution is 5.94. The Morgan fingerprint density at radius 3 is 2.89 bits per heavy atom. The molecule has 0 bridgehead atoms. The molecule has 1 amide bonds. The van der Waals surface area contributed by atoms with Crippen molar-refractivity contribution in [1.82, 2.24) is 9.97 Å². The summed E-state index contributed by atoms with van der Waals surface area (Å²) in [7, 11) is 0. The van der Waals surface area contributed by atoms with E-state index in [1.165, 1.54) is 0 Å². The molecule has 2 atom stereocenters. The summed E-state index contributed by atoms with van der Waals surface area (Å²) in [4.78, 5) is 19.2. The van der Waals surface area contributed by atoms with Gasteiger partial charge in [0.05, 0.1) is 17.1 Å². The summed E-state index contributed by atoms with van der Waals surface area (Å²) >= 11 is 0. The lowest BCUT2D eigenvalue weighted by molar-refractivity contribution is -0.118. The van der Waals surface area contributed by atoms with E-state index in [-0.39, 0.29) is 11.8 Å². The minimum atomic E-state index is -0.511. The number of aromatic nitrogens is 2. The smallest absolute Gasteiger partial charge is 0.243 e. The highest BCUT2D eigenvalue weighted by atomic mass is 16.2. The Hall–Kier alpha value is -1.88. The number of fused-ring (bicyclic) bond motifs is 1. The standard InChI is InChI=1S/C13H18N4O/c1-3-8(2)11(14)12(18)17-13-15-9-6-4-5-7-10(9)16-13/h4-8,11H,3,14H2,1-2H3,(H2,15,16,17,18)/t8-,11-/m0/s1. The van der Waals surface area contributed by atoms with Crippen LogP contribution in [0.2, 0.25) is 0 Å². The molecule has 0 aliphatic carbocycles. The maximum atomic E-state index is 11.9. The van der Waals surface area contributed by atoms with Crippen LogP contribution in [0.25, 0.3) is 11.0 Å². The van der Waals surface area contributed by atoms with Crippen molar-refractivity contribution in [1.29, 1.82) is 0 Å². The van der Waals surface area contributed by atoms with Crippen LogP contribution in [0.15, 0.2) is 24.3 Å². The van der Waals surface area contributed by atoms with Gasteiger partial charge in [0.25, 0.3) is 0 Å². The van der Waals surface area contributed by atoms with E-state index in [4.69, 9.17) is 5.73 Å². The summed E-state index contributed by atoms with van der Waals surface area (Å²) in [5.41, 5.74) is 7.58. The van der Waals surface area contributed by atoms with Crippen molar-refractivity contribution in [3.8, 4) is 0 Å². The van der Waals surface area contributed by atoms with Crippen molar-refractivity contribution in [2.75, 3.05) is 5.32 Å². The van der Waals surface area contributed by atoms with Gasteiger partial charge >= 0.3 is 0 Å². The predicted molar refractivity (Wildman–Crippen MR) is 72.2 cm³/mol. The second-order valence-corrected chi connectivity index (χ2v) is 4.50. The van der Waals surface area contributed by atoms with Crippen molar-refractivity contribution in [3.63, 3.8) is 0 Å². The molecule has 1 heterocycles. The van der Waals surface area contributed by atoms with Gasteiger partial charge in [-0.15, -0.1) is 0 Å². The fraction of sp³-hybridized carbons (Fsp3) is 0.385. The van der Waals surface area contributed by atoms with Crippen molar-refractivity contribution < 1.29 is 4.79 Å². The molecule has 2 aromatic rings. The van der Waals surface area contributed by atoms with E-state index < -0.39 is 6.04 Å². The molecular formula is C13H18N4O. The van der Waals surface area contributed by atoms with Gasteiger partial charge in [0.15, 0.2) is 0 Å². The van der Waals surface area contributed by atoms with E-state index in [1.807, 2.05) is 38.1 Å². The van der Waals surface area contributed by atoms with Crippen molar-refractivity contribution in [2.45, 2.75) is 26.3 Å². The third-order valence-electron chi connectivity index (χ3n) is 3.19. The molecule has 5 nitrogen and oxygen atoms in total. The number of carbonyl (C=O) groups is 1. The second-order valence-electron chi connectivity index (χ2n) is 4.50. The number of benzene rings is 1. The fourth-order valence-corrected chi connectivity index (χ4v) is 1.72. The molecule has 96 valence electrons. The monoisotopic (exact) mass is 246 g/mol. The van der Waals surface area contributed by atoms with Crippen molar-refractivity contribution >= 4 is 22.9 Å². The Balaban J connectivity index is 2.11. The zero-order chi connectivity index (χ0) is 13.1. The molecule has 4 N–H and O–H groups in total. The maximum absolute atomic E-state index is 11.9. The number of carbonyl (C=O) groups excluding carboxylic acids is 1. The van der Waals surface area contributed by atoms with E-state index in [0.29, 0.717) is 5.95 Å². The van der Waals surface area contributed by atoms with Gasteiger partial charge in [-0.25, -0.2) is 4.98 Å². The van der Waals surface area contributed by atoms with Crippen LogP contribution in [0.4, 0.5) is 5.95 Å². The summed E-state index contributed by atoms with van der Waals surface area (Å²) in [5, 5.41) is 2.72. The summed E-state index contributed by atoms with van der Waals surface area (Å²) in [6.07, 6.45) is 0.870. The Morgan fingerprint density at radius 1 is 1.50 bits per heavy atom. The molecular weight excluding hydrogens is 228 g/mol. The molecule has 0 saturated heterocycles. The molecule has 18 heavy (non-hydrogen) atoms. The largest absolute Gasteiger partial charge is 0.324 e. The molecule has 0 aliphatic rings. The average molecular weight is 246 g/mol. The number of aromatic amines is 1. The van der Waals surface area contributed by atoms with E-state index in [2.05, 4.69) is 15.3 Å². The SMILES string of the molecule is CC[C@H](C)[C@H](N)C(=O)Nc1nc2ccccc2[nH]1. The number of para-hydroxylation sites is 2. The number of rotatable bonds is 4. The van der Waals surface area contributed by atoms with Gasteiger partial charge in [-0.05, 0) is 18.1 Å². The molecule has 0 radical (unpaired) electrons. The maximum Gasteiger partial charge on any atom is 0.243 e. The number of nitrogens with zero attached hydrogens (tertiary/aromatic N) is 1. The number of anilines is 1. The van der Waals surface area contributed by atoms with Crippen LogP contribution >= 0.6 is 0 Å². The number of nitrogens with two attached hydrogens (primary N) is 1. The molecule has 5 heteroatoms. The number of H-pyrrole nitrogens is 1. The van der Waals surface area contributed by atoms with E-state index in [1.54, 1.807) is 0 Å². The van der Waals surface area contributed by atoms with Crippen LogP contribution in [-0.2, 0) is 4.79 Å². The van der Waals surface area contributed by atoms with Gasteiger partial charge < -0.3 is 10.7 Å². The molecule has 0 aliphatic heterocycles. The van der Waals surface area contributed by atoms with Crippen molar-refractivity contribution in [3.05, 3.63) is 24.3 Å². The van der Waals surface area contributed by atoms with Crippen LogP contribution in [0.3, 0.4) is 0 Å². The van der Waals surface area contributed by atoms with Gasteiger partial charge in [-0.1, -0.05) is 32.4 Å². The molecule has 0 fully saturated rings. The lowest BCUT2D eigenvalue weighted by atomic mass is 10.00. The number of hydrogen-bond acceptors (Lipinski definition) is 3. The highest BCUT2D eigenvalue weighted by Gasteiger charge is 2.20. The Kier molecular flexibility index (Phi) is 3.62. The first kappa shape index (κ1) is 12.6. The van der Waals surface area contributed by atoms with Gasteiger partial charge in [0.2, 0.25) is 11.9 Å². The summed E-state index contributed by atoms with van der Waals surface area (Å²) < 4.78 is 0. The summed E-state index contributed by atoms with van der Waals surface area (Å²) in [5.74, 6) is 0.387. The Labute approximate surface area is 106 Å². The van der Waals surface area contributed by atoms with Gasteiger partial charge in [0.1, 0.15) is 0 Å². The molecule has 1 aromatic heterocycles. The highest BCUT2D eigenvalue weighted by Crippen LogP contribution is 2.14. The fourth-order valence-electron chi connectivity index (χ4n) is 1.72. The number of amides is 1. The number of nitrogens with one attached hydrogen (secondary N) is 2. The topological polar surface area (TPSA) is 83.8 Å². The van der Waals surface area contributed by atoms with E-state index in [9.17, 15) is 4.79 Å². The molecule has 1 aromatic carbocycles. The molecule has 0 saturated carbocycles. The van der Waals surface area contributed by atoms with Crippen LogP contribution in [-0.4, -0.2) is 21.9 Å². The van der Waals surface area contributed by atoms with Gasteiger partial charge in [-0.3, -0.25) is 10.1 Å². The first-order chi connectivity index (χ1) is 8.61.